The van der Waals surface area contributed by atoms with Gasteiger partial charge in [-0.15, -0.1) is 9.60 Å². The minimum atomic E-state index is 0.653. The van der Waals surface area contributed by atoms with E-state index in [9.17, 15) is 4.48 Å². The Kier molecular flexibility index (Phi) is 6.34. The van der Waals surface area contributed by atoms with Crippen LogP contribution in [0.2, 0.25) is 0 Å². The van der Waals surface area contributed by atoms with Gasteiger partial charge in [-0.05, 0) is 12.8 Å². The zero-order valence-corrected chi connectivity index (χ0v) is 6.35. The normalized spacial score (nSPS) is 19.9. The quantitative estimate of drug-likeness (QED) is 0.404. The Morgan fingerprint density at radius 2 is 1.62 bits per heavy atom. The third-order valence-corrected chi connectivity index (χ3v) is 1.05. The summed E-state index contributed by atoms with van der Waals surface area (Å²) in [6, 6.07) is 0. The Balaban J connectivity index is 0.000000222. The zero-order chi connectivity index (χ0) is 6.41. The molecule has 1 aliphatic heterocycles. The number of hydrogen-bond acceptors (Lipinski definition) is 1. The van der Waals surface area contributed by atoms with E-state index >= 15 is 0 Å². The van der Waals surface area contributed by atoms with Crippen LogP contribution in [-0.4, -0.2) is 18.2 Å². The molecule has 4 heteroatoms. The van der Waals surface area contributed by atoms with Crippen molar-refractivity contribution in [1.82, 2.24) is 5.12 Å². The first kappa shape index (κ1) is 8.70. The standard InChI is InChI=1S/C4H8FN.ClH.Mn/c5-6-3-1-2-4-6;;/h1-4H2;1H;/q;;+1/p-1. The molecule has 0 N–H and O–H groups in total. The van der Waals surface area contributed by atoms with E-state index in [0.717, 1.165) is 18.0 Å². The van der Waals surface area contributed by atoms with Gasteiger partial charge in [-0.2, -0.15) is 0 Å². The van der Waals surface area contributed by atoms with Crippen molar-refractivity contribution in [2.45, 2.75) is 12.8 Å². The number of rotatable bonds is 0. The van der Waals surface area contributed by atoms with E-state index in [1.165, 1.54) is 0 Å². The van der Waals surface area contributed by atoms with E-state index in [1.807, 2.05) is 0 Å². The van der Waals surface area contributed by atoms with Gasteiger partial charge < -0.3 is 0 Å². The second-order valence-corrected chi connectivity index (χ2v) is 1.62. The van der Waals surface area contributed by atoms with E-state index in [0.29, 0.717) is 13.1 Å². The molecule has 0 saturated carbocycles. The summed E-state index contributed by atoms with van der Waals surface area (Å²) in [5.41, 5.74) is 0. The van der Waals surface area contributed by atoms with Crippen molar-refractivity contribution >= 4 is 10.1 Å². The zero-order valence-electron chi connectivity index (χ0n) is 4.41. The van der Waals surface area contributed by atoms with E-state index in [1.54, 1.807) is 0 Å². The third kappa shape index (κ3) is 3.67. The number of halogens is 2. The van der Waals surface area contributed by atoms with Crippen molar-refractivity contribution in [1.29, 1.82) is 0 Å². The maximum atomic E-state index is 11.8. The SMILES string of the molecule is FN1CCCC1.[Cl][Mn]. The fourth-order valence-electron chi connectivity index (χ4n) is 0.679. The summed E-state index contributed by atoms with van der Waals surface area (Å²) in [7, 11) is 4.45. The predicted octanol–water partition coefficient (Wildman–Crippen LogP) is 1.65. The van der Waals surface area contributed by atoms with Gasteiger partial charge in [0, 0.05) is 13.1 Å². The number of hydrogen-bond donors (Lipinski definition) is 0. The van der Waals surface area contributed by atoms with E-state index < -0.39 is 0 Å². The van der Waals surface area contributed by atoms with Gasteiger partial charge in [0.25, 0.3) is 0 Å². The first-order valence-corrected chi connectivity index (χ1v) is 4.07. The van der Waals surface area contributed by atoms with Crippen molar-refractivity contribution in [2.24, 2.45) is 0 Å². The van der Waals surface area contributed by atoms with Gasteiger partial charge in [-0.25, -0.2) is 0 Å². The van der Waals surface area contributed by atoms with E-state index in [-0.39, 0.29) is 0 Å². The molecule has 1 saturated heterocycles. The molecule has 0 atom stereocenters. The van der Waals surface area contributed by atoms with Crippen molar-refractivity contribution in [3.8, 4) is 0 Å². The summed E-state index contributed by atoms with van der Waals surface area (Å²) < 4.78 is 11.8. The monoisotopic (exact) mass is 179 g/mol. The van der Waals surface area contributed by atoms with Crippen LogP contribution in [0, 0.1) is 0 Å². The van der Waals surface area contributed by atoms with E-state index in [4.69, 9.17) is 0 Å². The van der Waals surface area contributed by atoms with Crippen LogP contribution >= 0.6 is 10.1 Å². The molecule has 0 aromatic carbocycles. The number of nitrogens with zero attached hydrogens (tertiary/aromatic N) is 1. The summed E-state index contributed by atoms with van der Waals surface area (Å²) in [6.07, 6.45) is 2.08. The molecule has 0 spiro atoms. The summed E-state index contributed by atoms with van der Waals surface area (Å²) >= 11 is 2.41. The average molecular weight is 180 g/mol. The second-order valence-electron chi connectivity index (χ2n) is 1.62. The molecule has 1 rings (SSSR count). The molecule has 1 fully saturated rings. The predicted molar refractivity (Wildman–Crippen MR) is 27.8 cm³/mol. The second kappa shape index (κ2) is 5.83. The Bertz CT molecular complexity index is 49.3. The van der Waals surface area contributed by atoms with Gasteiger partial charge in [-0.3, -0.25) is 0 Å². The average Bonchev–Trinajstić information content (AvgIpc) is 2.24. The molecule has 0 radical (unpaired) electrons. The van der Waals surface area contributed by atoms with Gasteiger partial charge in [0.15, 0.2) is 0 Å². The van der Waals surface area contributed by atoms with Gasteiger partial charge in [0.05, 0.1) is 0 Å². The van der Waals surface area contributed by atoms with Crippen LogP contribution < -0.4 is 0 Å². The van der Waals surface area contributed by atoms with Crippen LogP contribution in [0.15, 0.2) is 0 Å². The molecule has 0 aliphatic carbocycles. The third-order valence-electron chi connectivity index (χ3n) is 1.05. The first-order chi connectivity index (χ1) is 3.89. The Morgan fingerprint density at radius 1 is 1.25 bits per heavy atom. The topological polar surface area (TPSA) is 3.24 Å². The fourth-order valence-corrected chi connectivity index (χ4v) is 0.679. The van der Waals surface area contributed by atoms with Crippen LogP contribution in [-0.2, 0) is 15.1 Å². The molecule has 8 heavy (non-hydrogen) atoms. The molecule has 1 aliphatic rings. The van der Waals surface area contributed by atoms with Crippen LogP contribution in [0.25, 0.3) is 0 Å². The molecule has 50 valence electrons. The Labute approximate surface area is 61.2 Å². The van der Waals surface area contributed by atoms with Gasteiger partial charge in [0.1, 0.15) is 0 Å². The van der Waals surface area contributed by atoms with Crippen molar-refractivity contribution < 1.29 is 19.6 Å². The van der Waals surface area contributed by atoms with E-state index in [2.05, 4.69) is 25.2 Å². The van der Waals surface area contributed by atoms with Gasteiger partial charge >= 0.3 is 25.2 Å². The Hall–Kier alpha value is 0.699. The maximum absolute atomic E-state index is 11.8. The molecular weight excluding hydrogens is 171 g/mol. The Morgan fingerprint density at radius 3 is 1.75 bits per heavy atom. The first-order valence-electron chi connectivity index (χ1n) is 2.44. The molecule has 0 bridgehead atoms. The molecule has 0 aromatic heterocycles. The summed E-state index contributed by atoms with van der Waals surface area (Å²) in [4.78, 5) is 0. The summed E-state index contributed by atoms with van der Waals surface area (Å²) in [6.45, 7) is 1.31. The summed E-state index contributed by atoms with van der Waals surface area (Å²) in [5.74, 6) is 0. The van der Waals surface area contributed by atoms with Gasteiger partial charge in [0.2, 0.25) is 0 Å². The van der Waals surface area contributed by atoms with Crippen LogP contribution in [0.5, 0.6) is 0 Å². The molecular formula is C4H8ClFMnN. The van der Waals surface area contributed by atoms with Gasteiger partial charge in [-0.1, -0.05) is 0 Å². The van der Waals surface area contributed by atoms with Crippen molar-refractivity contribution in [3.05, 3.63) is 0 Å². The molecule has 1 nitrogen and oxygen atoms in total. The molecule has 0 unspecified atom stereocenters. The fraction of sp³-hybridized carbons (Fsp3) is 1.00. The van der Waals surface area contributed by atoms with Crippen LogP contribution in [0.1, 0.15) is 12.8 Å². The molecule has 0 aromatic rings. The van der Waals surface area contributed by atoms with Crippen molar-refractivity contribution in [2.75, 3.05) is 13.1 Å². The minimum absolute atomic E-state index is 0.653. The molecule has 0 amide bonds. The van der Waals surface area contributed by atoms with Crippen LogP contribution in [0.3, 0.4) is 0 Å². The summed E-state index contributed by atoms with van der Waals surface area (Å²) in [5, 5.41) is 0.861. The van der Waals surface area contributed by atoms with Crippen LogP contribution in [0.4, 0.5) is 4.48 Å². The molecule has 1 heterocycles. The van der Waals surface area contributed by atoms with Crippen molar-refractivity contribution in [3.63, 3.8) is 0 Å².